The highest BCUT2D eigenvalue weighted by Crippen LogP contribution is 2.15. The van der Waals surface area contributed by atoms with Crippen LogP contribution in [0.2, 0.25) is 0 Å². The van der Waals surface area contributed by atoms with E-state index in [4.69, 9.17) is 4.84 Å². The summed E-state index contributed by atoms with van der Waals surface area (Å²) in [6.45, 7) is 0. The van der Waals surface area contributed by atoms with Crippen LogP contribution in [0.25, 0.3) is 0 Å². The molecule has 0 aliphatic rings. The molecule has 0 fully saturated rings. The van der Waals surface area contributed by atoms with E-state index in [1.807, 2.05) is 0 Å². The summed E-state index contributed by atoms with van der Waals surface area (Å²) in [6.07, 6.45) is 2.00. The molecule has 0 aliphatic heterocycles. The van der Waals surface area contributed by atoms with Crippen molar-refractivity contribution in [2.24, 2.45) is 0 Å². The molecule has 0 radical (unpaired) electrons. The summed E-state index contributed by atoms with van der Waals surface area (Å²) in [5, 5.41) is 10.3. The van der Waals surface area contributed by atoms with Gasteiger partial charge in [-0.3, -0.25) is 4.79 Å². The average Bonchev–Trinajstić information content (AvgIpc) is 2.71. The minimum Gasteiger partial charge on any atom is -0.354 e. The molecule has 0 aliphatic carbocycles. The minimum atomic E-state index is 0.412. The van der Waals surface area contributed by atoms with Crippen molar-refractivity contribution in [1.29, 1.82) is 0 Å². The van der Waals surface area contributed by atoms with Gasteiger partial charge < -0.3 is 4.84 Å². The molecule has 1 heterocycles. The second kappa shape index (κ2) is 3.65. The second-order valence-corrected chi connectivity index (χ2v) is 2.46. The molecule has 2 aromatic rings. The van der Waals surface area contributed by atoms with E-state index in [-0.39, 0.29) is 0 Å². The van der Waals surface area contributed by atoms with E-state index in [0.717, 1.165) is 4.85 Å². The first-order valence-corrected chi connectivity index (χ1v) is 3.85. The zero-order valence-corrected chi connectivity index (χ0v) is 7.07. The van der Waals surface area contributed by atoms with Crippen LogP contribution in [0, 0.1) is 0 Å². The van der Waals surface area contributed by atoms with E-state index in [1.54, 1.807) is 24.3 Å². The number of tetrazole rings is 1. The van der Waals surface area contributed by atoms with Crippen LogP contribution in [0.4, 0.5) is 0 Å². The normalized spacial score (nSPS) is 9.71. The van der Waals surface area contributed by atoms with Crippen molar-refractivity contribution >= 4 is 6.29 Å². The number of benzene rings is 1. The average molecular weight is 190 g/mol. The highest BCUT2D eigenvalue weighted by atomic mass is 16.7. The van der Waals surface area contributed by atoms with Gasteiger partial charge in [0.25, 0.3) is 0 Å². The number of rotatable bonds is 3. The SMILES string of the molecule is O=Cc1ccccc1On1cnnn1. The Bertz CT molecular complexity index is 427. The van der Waals surface area contributed by atoms with Gasteiger partial charge in [-0.05, 0) is 22.6 Å². The lowest BCUT2D eigenvalue weighted by Crippen LogP contribution is -2.07. The number of hydrogen-bond donors (Lipinski definition) is 0. The number of carbonyl (C=O) groups is 1. The summed E-state index contributed by atoms with van der Waals surface area (Å²) in [7, 11) is 0. The Hall–Kier alpha value is -2.24. The Morgan fingerprint density at radius 2 is 2.21 bits per heavy atom. The van der Waals surface area contributed by atoms with Gasteiger partial charge in [-0.25, -0.2) is 0 Å². The number of para-hydroxylation sites is 1. The van der Waals surface area contributed by atoms with Crippen molar-refractivity contribution in [1.82, 2.24) is 20.4 Å². The van der Waals surface area contributed by atoms with Gasteiger partial charge in [-0.15, -0.1) is 5.10 Å². The van der Waals surface area contributed by atoms with Gasteiger partial charge in [-0.2, -0.15) is 0 Å². The van der Waals surface area contributed by atoms with Crippen molar-refractivity contribution in [3.8, 4) is 5.75 Å². The molecular formula is C8H6N4O2. The molecule has 6 heteroatoms. The number of carbonyl (C=O) groups excluding carboxylic acids is 1. The zero-order chi connectivity index (χ0) is 9.80. The summed E-state index contributed by atoms with van der Waals surface area (Å²) < 4.78 is 0. The molecule has 70 valence electrons. The third-order valence-electron chi connectivity index (χ3n) is 1.57. The lowest BCUT2D eigenvalue weighted by atomic mass is 10.2. The van der Waals surface area contributed by atoms with Gasteiger partial charge >= 0.3 is 0 Å². The summed E-state index contributed by atoms with van der Waals surface area (Å²) in [4.78, 5) is 16.9. The van der Waals surface area contributed by atoms with E-state index in [0.29, 0.717) is 17.6 Å². The smallest absolute Gasteiger partial charge is 0.180 e. The molecule has 0 saturated carbocycles. The maximum absolute atomic E-state index is 10.6. The molecule has 14 heavy (non-hydrogen) atoms. The van der Waals surface area contributed by atoms with E-state index in [2.05, 4.69) is 15.5 Å². The fourth-order valence-electron chi connectivity index (χ4n) is 0.957. The molecule has 0 atom stereocenters. The first-order valence-electron chi connectivity index (χ1n) is 3.85. The Labute approximate surface area is 79.1 Å². The molecule has 0 spiro atoms. The maximum atomic E-state index is 10.6. The fourth-order valence-corrected chi connectivity index (χ4v) is 0.957. The van der Waals surface area contributed by atoms with Crippen molar-refractivity contribution in [2.75, 3.05) is 0 Å². The molecule has 1 aromatic carbocycles. The van der Waals surface area contributed by atoms with Crippen LogP contribution in [0.5, 0.6) is 5.75 Å². The van der Waals surface area contributed by atoms with Crippen molar-refractivity contribution in [3.63, 3.8) is 0 Å². The molecule has 0 bridgehead atoms. The van der Waals surface area contributed by atoms with Crippen LogP contribution in [0.15, 0.2) is 30.6 Å². The first-order chi connectivity index (χ1) is 6.90. The monoisotopic (exact) mass is 190 g/mol. The van der Waals surface area contributed by atoms with Crippen LogP contribution >= 0.6 is 0 Å². The summed E-state index contributed by atoms with van der Waals surface area (Å²) in [6, 6.07) is 6.81. The van der Waals surface area contributed by atoms with Crippen LogP contribution in [0.1, 0.15) is 10.4 Å². The molecule has 6 nitrogen and oxygen atoms in total. The summed E-state index contributed by atoms with van der Waals surface area (Å²) >= 11 is 0. The molecule has 2 rings (SSSR count). The number of nitrogens with zero attached hydrogens (tertiary/aromatic N) is 4. The van der Waals surface area contributed by atoms with Gasteiger partial charge in [0.1, 0.15) is 0 Å². The molecule has 0 unspecified atom stereocenters. The van der Waals surface area contributed by atoms with Crippen molar-refractivity contribution in [2.45, 2.75) is 0 Å². The van der Waals surface area contributed by atoms with Gasteiger partial charge in [0.15, 0.2) is 18.4 Å². The Morgan fingerprint density at radius 3 is 2.93 bits per heavy atom. The Kier molecular flexibility index (Phi) is 2.18. The lowest BCUT2D eigenvalue weighted by Gasteiger charge is -2.03. The van der Waals surface area contributed by atoms with E-state index in [1.165, 1.54) is 6.33 Å². The summed E-state index contributed by atoms with van der Waals surface area (Å²) in [5.41, 5.74) is 0.447. The zero-order valence-electron chi connectivity index (χ0n) is 7.07. The first kappa shape index (κ1) is 8.36. The van der Waals surface area contributed by atoms with Gasteiger partial charge in [0.05, 0.1) is 5.56 Å². The van der Waals surface area contributed by atoms with Gasteiger partial charge in [0, 0.05) is 0 Å². The quantitative estimate of drug-likeness (QED) is 0.652. The predicted octanol–water partition coefficient (Wildman–Crippen LogP) is 0.328. The minimum absolute atomic E-state index is 0.412. The van der Waals surface area contributed by atoms with E-state index < -0.39 is 0 Å². The molecule has 0 saturated heterocycles. The topological polar surface area (TPSA) is 69.9 Å². The third kappa shape index (κ3) is 1.58. The van der Waals surface area contributed by atoms with Crippen molar-refractivity contribution < 1.29 is 9.63 Å². The van der Waals surface area contributed by atoms with Gasteiger partial charge in [0.2, 0.25) is 0 Å². The van der Waals surface area contributed by atoms with Crippen LogP contribution in [-0.2, 0) is 0 Å². The highest BCUT2D eigenvalue weighted by molar-refractivity contribution is 5.79. The third-order valence-corrected chi connectivity index (χ3v) is 1.57. The van der Waals surface area contributed by atoms with Crippen LogP contribution in [-0.4, -0.2) is 26.7 Å². The van der Waals surface area contributed by atoms with Crippen molar-refractivity contribution in [3.05, 3.63) is 36.2 Å². The van der Waals surface area contributed by atoms with Crippen LogP contribution in [0.3, 0.4) is 0 Å². The Morgan fingerprint density at radius 1 is 1.36 bits per heavy atom. The van der Waals surface area contributed by atoms with Gasteiger partial charge in [-0.1, -0.05) is 17.0 Å². The number of aromatic nitrogens is 4. The number of hydrogen-bond acceptors (Lipinski definition) is 5. The molecule has 1 aromatic heterocycles. The molecule has 0 amide bonds. The van der Waals surface area contributed by atoms with E-state index >= 15 is 0 Å². The fraction of sp³-hybridized carbons (Fsp3) is 0. The standard InChI is InChI=1S/C8H6N4O2/c13-5-7-3-1-2-4-8(7)14-12-6-9-10-11-12/h1-6H. The van der Waals surface area contributed by atoms with Crippen LogP contribution < -0.4 is 4.84 Å². The molecular weight excluding hydrogens is 184 g/mol. The lowest BCUT2D eigenvalue weighted by molar-refractivity contribution is 0.111. The molecule has 0 N–H and O–H groups in total. The Balaban J connectivity index is 2.28. The van der Waals surface area contributed by atoms with E-state index in [9.17, 15) is 4.79 Å². The predicted molar refractivity (Wildman–Crippen MR) is 45.7 cm³/mol. The second-order valence-electron chi connectivity index (χ2n) is 2.46. The largest absolute Gasteiger partial charge is 0.354 e. The highest BCUT2D eigenvalue weighted by Gasteiger charge is 2.02. The summed E-state index contributed by atoms with van der Waals surface area (Å²) in [5.74, 6) is 0.412. The maximum Gasteiger partial charge on any atom is 0.180 e. The number of aldehydes is 1.